The standard InChI is InChI=1S/C17H18N2O3S/c1-13-7-8-16(22-2)14(11-13)9-10-19-23(20,21)17-6-4-3-5-15(17)12-18/h3-8,11,19H,9-10H2,1-2H3. The maximum Gasteiger partial charge on any atom is 0.241 e. The van der Waals surface area contributed by atoms with Gasteiger partial charge in [-0.25, -0.2) is 13.1 Å². The van der Waals surface area contributed by atoms with Gasteiger partial charge in [0.15, 0.2) is 0 Å². The zero-order valence-electron chi connectivity index (χ0n) is 13.0. The van der Waals surface area contributed by atoms with Crippen molar-refractivity contribution in [2.24, 2.45) is 0 Å². The second-order valence-electron chi connectivity index (χ2n) is 5.07. The molecule has 0 spiro atoms. The Kier molecular flexibility index (Phi) is 5.37. The SMILES string of the molecule is COc1ccc(C)cc1CCNS(=O)(=O)c1ccccc1C#N. The highest BCUT2D eigenvalue weighted by molar-refractivity contribution is 7.89. The molecule has 120 valence electrons. The molecule has 23 heavy (non-hydrogen) atoms. The van der Waals surface area contributed by atoms with Crippen molar-refractivity contribution in [1.82, 2.24) is 4.72 Å². The summed E-state index contributed by atoms with van der Waals surface area (Å²) in [4.78, 5) is -0.00120. The van der Waals surface area contributed by atoms with Crippen LogP contribution in [-0.4, -0.2) is 22.1 Å². The lowest BCUT2D eigenvalue weighted by Crippen LogP contribution is -2.26. The number of nitriles is 1. The zero-order chi connectivity index (χ0) is 16.9. The molecule has 0 fully saturated rings. The van der Waals surface area contributed by atoms with Crippen LogP contribution >= 0.6 is 0 Å². The molecule has 0 unspecified atom stereocenters. The van der Waals surface area contributed by atoms with Gasteiger partial charge in [-0.15, -0.1) is 0 Å². The van der Waals surface area contributed by atoms with Gasteiger partial charge in [-0.05, 0) is 37.1 Å². The molecule has 0 bridgehead atoms. The van der Waals surface area contributed by atoms with Gasteiger partial charge in [0.2, 0.25) is 10.0 Å². The topological polar surface area (TPSA) is 79.2 Å². The average molecular weight is 330 g/mol. The number of ether oxygens (including phenoxy) is 1. The number of aryl methyl sites for hydroxylation is 1. The van der Waals surface area contributed by atoms with Gasteiger partial charge in [0, 0.05) is 6.54 Å². The van der Waals surface area contributed by atoms with Gasteiger partial charge in [0.25, 0.3) is 0 Å². The Hall–Kier alpha value is -2.36. The smallest absolute Gasteiger partial charge is 0.241 e. The summed E-state index contributed by atoms with van der Waals surface area (Å²) in [5, 5.41) is 9.03. The van der Waals surface area contributed by atoms with E-state index in [2.05, 4.69) is 4.72 Å². The monoisotopic (exact) mass is 330 g/mol. The van der Waals surface area contributed by atoms with Crippen molar-refractivity contribution in [1.29, 1.82) is 5.26 Å². The largest absolute Gasteiger partial charge is 0.496 e. The van der Waals surface area contributed by atoms with Crippen LogP contribution in [0.3, 0.4) is 0 Å². The van der Waals surface area contributed by atoms with Gasteiger partial charge in [-0.3, -0.25) is 0 Å². The maximum atomic E-state index is 12.3. The van der Waals surface area contributed by atoms with Gasteiger partial charge in [-0.1, -0.05) is 29.8 Å². The van der Waals surface area contributed by atoms with Crippen molar-refractivity contribution in [2.45, 2.75) is 18.2 Å². The molecule has 0 saturated heterocycles. The number of benzene rings is 2. The minimum absolute atomic E-state index is 0.00120. The van der Waals surface area contributed by atoms with Gasteiger partial charge >= 0.3 is 0 Å². The molecular formula is C17H18N2O3S. The van der Waals surface area contributed by atoms with E-state index in [9.17, 15) is 8.42 Å². The molecule has 2 aromatic rings. The molecule has 2 aromatic carbocycles. The fourth-order valence-corrected chi connectivity index (χ4v) is 3.48. The number of hydrogen-bond acceptors (Lipinski definition) is 4. The molecule has 0 amide bonds. The maximum absolute atomic E-state index is 12.3. The first-order valence-electron chi connectivity index (χ1n) is 7.10. The Morgan fingerprint density at radius 3 is 2.65 bits per heavy atom. The van der Waals surface area contributed by atoms with Crippen LogP contribution in [-0.2, 0) is 16.4 Å². The zero-order valence-corrected chi connectivity index (χ0v) is 13.9. The van der Waals surface area contributed by atoms with Crippen LogP contribution in [0.1, 0.15) is 16.7 Å². The lowest BCUT2D eigenvalue weighted by atomic mass is 10.1. The summed E-state index contributed by atoms with van der Waals surface area (Å²) in [5.41, 5.74) is 2.15. The van der Waals surface area contributed by atoms with Crippen molar-refractivity contribution in [3.05, 3.63) is 59.2 Å². The van der Waals surface area contributed by atoms with Crippen LogP contribution in [0.5, 0.6) is 5.75 Å². The number of methoxy groups -OCH3 is 1. The lowest BCUT2D eigenvalue weighted by Gasteiger charge is -2.11. The summed E-state index contributed by atoms with van der Waals surface area (Å²) in [6, 6.07) is 13.8. The molecule has 0 aromatic heterocycles. The van der Waals surface area contributed by atoms with Crippen molar-refractivity contribution in [3.8, 4) is 11.8 Å². The molecule has 1 N–H and O–H groups in total. The Bertz CT molecular complexity index is 839. The molecule has 0 saturated carbocycles. The Labute approximate surface area is 136 Å². The molecule has 0 aliphatic rings. The van der Waals surface area contributed by atoms with Crippen LogP contribution in [0, 0.1) is 18.3 Å². The van der Waals surface area contributed by atoms with E-state index < -0.39 is 10.0 Å². The van der Waals surface area contributed by atoms with E-state index in [1.165, 1.54) is 12.1 Å². The van der Waals surface area contributed by atoms with Crippen LogP contribution in [0.2, 0.25) is 0 Å². The van der Waals surface area contributed by atoms with Crippen molar-refractivity contribution >= 4 is 10.0 Å². The normalized spacial score (nSPS) is 11.0. The second kappa shape index (κ2) is 7.27. The fourth-order valence-electron chi connectivity index (χ4n) is 2.29. The molecule has 0 aliphatic heterocycles. The first-order valence-corrected chi connectivity index (χ1v) is 8.58. The van der Waals surface area contributed by atoms with Crippen LogP contribution in [0.25, 0.3) is 0 Å². The van der Waals surface area contributed by atoms with Crippen molar-refractivity contribution in [3.63, 3.8) is 0 Å². The molecule has 0 heterocycles. The van der Waals surface area contributed by atoms with E-state index in [4.69, 9.17) is 10.00 Å². The van der Waals surface area contributed by atoms with E-state index in [1.54, 1.807) is 19.2 Å². The summed E-state index contributed by atoms with van der Waals surface area (Å²) in [6.07, 6.45) is 0.499. The van der Waals surface area contributed by atoms with Crippen LogP contribution in [0.4, 0.5) is 0 Å². The summed E-state index contributed by atoms with van der Waals surface area (Å²) in [7, 11) is -2.13. The van der Waals surface area contributed by atoms with Crippen molar-refractivity contribution in [2.75, 3.05) is 13.7 Å². The van der Waals surface area contributed by atoms with E-state index in [-0.39, 0.29) is 17.0 Å². The Balaban J connectivity index is 2.12. The third-order valence-electron chi connectivity index (χ3n) is 3.42. The summed E-state index contributed by atoms with van der Waals surface area (Å²) in [5.74, 6) is 0.729. The third-order valence-corrected chi connectivity index (χ3v) is 4.94. The predicted molar refractivity (Wildman–Crippen MR) is 87.8 cm³/mol. The molecule has 2 rings (SSSR count). The van der Waals surface area contributed by atoms with Gasteiger partial charge in [0.1, 0.15) is 11.8 Å². The first-order chi connectivity index (χ1) is 11.0. The lowest BCUT2D eigenvalue weighted by molar-refractivity contribution is 0.409. The highest BCUT2D eigenvalue weighted by Crippen LogP contribution is 2.20. The minimum atomic E-state index is -3.72. The molecule has 5 nitrogen and oxygen atoms in total. The predicted octanol–water partition coefficient (Wildman–Crippen LogP) is 2.40. The highest BCUT2D eigenvalue weighted by Gasteiger charge is 2.17. The van der Waals surface area contributed by atoms with E-state index in [0.29, 0.717) is 6.42 Å². The first kappa shape index (κ1) is 17.0. The van der Waals surface area contributed by atoms with Crippen LogP contribution < -0.4 is 9.46 Å². The quantitative estimate of drug-likeness (QED) is 0.882. The molecule has 6 heteroatoms. The number of sulfonamides is 1. The number of nitrogens with zero attached hydrogens (tertiary/aromatic N) is 1. The molecular weight excluding hydrogens is 312 g/mol. The number of nitrogens with one attached hydrogen (secondary N) is 1. The summed E-state index contributed by atoms with van der Waals surface area (Å²) >= 11 is 0. The van der Waals surface area contributed by atoms with E-state index in [0.717, 1.165) is 16.9 Å². The molecule has 0 atom stereocenters. The van der Waals surface area contributed by atoms with E-state index in [1.807, 2.05) is 31.2 Å². The van der Waals surface area contributed by atoms with Crippen molar-refractivity contribution < 1.29 is 13.2 Å². The summed E-state index contributed by atoms with van der Waals surface area (Å²) in [6.45, 7) is 2.19. The molecule has 0 aliphatic carbocycles. The molecule has 0 radical (unpaired) electrons. The van der Waals surface area contributed by atoms with Gasteiger partial charge < -0.3 is 4.74 Å². The number of rotatable bonds is 6. The van der Waals surface area contributed by atoms with Gasteiger partial charge in [0.05, 0.1) is 17.6 Å². The fraction of sp³-hybridized carbons (Fsp3) is 0.235. The second-order valence-corrected chi connectivity index (χ2v) is 6.81. The minimum Gasteiger partial charge on any atom is -0.496 e. The van der Waals surface area contributed by atoms with Gasteiger partial charge in [-0.2, -0.15) is 5.26 Å². The average Bonchev–Trinajstić information content (AvgIpc) is 2.55. The third kappa shape index (κ3) is 4.09. The van der Waals surface area contributed by atoms with Crippen LogP contribution in [0.15, 0.2) is 47.4 Å². The Morgan fingerprint density at radius 1 is 1.22 bits per heavy atom. The Morgan fingerprint density at radius 2 is 1.96 bits per heavy atom. The summed E-state index contributed by atoms with van der Waals surface area (Å²) < 4.78 is 32.5. The van der Waals surface area contributed by atoms with E-state index >= 15 is 0 Å². The highest BCUT2D eigenvalue weighted by atomic mass is 32.2. The number of hydrogen-bond donors (Lipinski definition) is 1.